The van der Waals surface area contributed by atoms with Crippen molar-refractivity contribution < 1.29 is 4.79 Å². The first-order valence-electron chi connectivity index (χ1n) is 4.79. The van der Waals surface area contributed by atoms with Crippen LogP contribution in [0.15, 0.2) is 18.2 Å². The van der Waals surface area contributed by atoms with Crippen LogP contribution in [0.3, 0.4) is 0 Å². The summed E-state index contributed by atoms with van der Waals surface area (Å²) in [6.07, 6.45) is 0. The summed E-state index contributed by atoms with van der Waals surface area (Å²) in [5.41, 5.74) is 6.32. The summed E-state index contributed by atoms with van der Waals surface area (Å²) in [4.78, 5) is 11.5. The molecule has 16 heavy (non-hydrogen) atoms. The lowest BCUT2D eigenvalue weighted by molar-refractivity contribution is -0.119. The zero-order valence-corrected chi connectivity index (χ0v) is 9.58. The fourth-order valence-electron chi connectivity index (χ4n) is 1.05. The Morgan fingerprint density at radius 2 is 2.38 bits per heavy atom. The zero-order valence-electron chi connectivity index (χ0n) is 8.83. The summed E-state index contributed by atoms with van der Waals surface area (Å²) in [5, 5.41) is 11.6. The lowest BCUT2D eigenvalue weighted by Crippen LogP contribution is -2.26. The van der Waals surface area contributed by atoms with Gasteiger partial charge in [0.25, 0.3) is 0 Å². The van der Waals surface area contributed by atoms with E-state index < -0.39 is 0 Å². The molecule has 0 spiro atoms. The molecule has 3 N–H and O–H groups in total. The number of halogens is 1. The van der Waals surface area contributed by atoms with Gasteiger partial charge in [0.2, 0.25) is 5.91 Å². The number of rotatable bonds is 3. The van der Waals surface area contributed by atoms with E-state index in [0.29, 0.717) is 16.3 Å². The van der Waals surface area contributed by atoms with Crippen molar-refractivity contribution in [3.63, 3.8) is 0 Å². The number of amides is 1. The number of nitriles is 1. The van der Waals surface area contributed by atoms with Gasteiger partial charge in [-0.3, -0.25) is 4.79 Å². The van der Waals surface area contributed by atoms with E-state index >= 15 is 0 Å². The van der Waals surface area contributed by atoms with E-state index in [1.54, 1.807) is 19.1 Å². The van der Waals surface area contributed by atoms with Gasteiger partial charge in [0.05, 0.1) is 22.3 Å². The van der Waals surface area contributed by atoms with E-state index in [2.05, 4.69) is 5.32 Å². The van der Waals surface area contributed by atoms with Crippen LogP contribution in [-0.4, -0.2) is 12.5 Å². The number of hydrogen-bond acceptors (Lipinski definition) is 3. The summed E-state index contributed by atoms with van der Waals surface area (Å²) in [6, 6.07) is 6.66. The van der Waals surface area contributed by atoms with Gasteiger partial charge in [0, 0.05) is 12.5 Å². The second-order valence-corrected chi connectivity index (χ2v) is 3.84. The highest BCUT2D eigenvalue weighted by Crippen LogP contribution is 2.23. The van der Waals surface area contributed by atoms with Gasteiger partial charge in [0.15, 0.2) is 0 Å². The Morgan fingerprint density at radius 1 is 1.69 bits per heavy atom. The molecule has 0 heterocycles. The number of anilines is 1. The smallest absolute Gasteiger partial charge is 0.228 e. The molecule has 84 valence electrons. The highest BCUT2D eigenvalue weighted by atomic mass is 35.5. The van der Waals surface area contributed by atoms with Crippen molar-refractivity contribution in [3.8, 4) is 6.07 Å². The third-order valence-electron chi connectivity index (χ3n) is 2.16. The van der Waals surface area contributed by atoms with Crippen LogP contribution < -0.4 is 11.1 Å². The molecule has 1 atom stereocenters. The third-order valence-corrected chi connectivity index (χ3v) is 2.47. The van der Waals surface area contributed by atoms with Crippen LogP contribution >= 0.6 is 11.6 Å². The second kappa shape index (κ2) is 5.50. The van der Waals surface area contributed by atoms with E-state index in [1.807, 2.05) is 6.07 Å². The number of carbonyl (C=O) groups is 1. The average molecular weight is 238 g/mol. The summed E-state index contributed by atoms with van der Waals surface area (Å²) in [7, 11) is 0. The Hall–Kier alpha value is -1.57. The predicted molar refractivity (Wildman–Crippen MR) is 63.0 cm³/mol. The maximum atomic E-state index is 11.5. The van der Waals surface area contributed by atoms with Crippen molar-refractivity contribution in [2.24, 2.45) is 11.7 Å². The first-order valence-corrected chi connectivity index (χ1v) is 5.17. The second-order valence-electron chi connectivity index (χ2n) is 3.43. The molecule has 1 amide bonds. The molecular weight excluding hydrogens is 226 g/mol. The van der Waals surface area contributed by atoms with Crippen molar-refractivity contribution in [1.82, 2.24) is 0 Å². The van der Waals surface area contributed by atoms with Crippen LogP contribution in [0, 0.1) is 17.2 Å². The lowest BCUT2D eigenvalue weighted by Gasteiger charge is -2.11. The predicted octanol–water partition coefficient (Wildman–Crippen LogP) is 1.74. The summed E-state index contributed by atoms with van der Waals surface area (Å²) in [5.74, 6) is -0.458. The number of nitrogens with two attached hydrogens (primary N) is 1. The van der Waals surface area contributed by atoms with E-state index in [9.17, 15) is 4.79 Å². The lowest BCUT2D eigenvalue weighted by atomic mass is 10.1. The zero-order chi connectivity index (χ0) is 12.1. The molecular formula is C11H12ClN3O. The minimum absolute atomic E-state index is 0.186. The minimum Gasteiger partial charge on any atom is -0.330 e. The van der Waals surface area contributed by atoms with Crippen molar-refractivity contribution in [3.05, 3.63) is 28.8 Å². The van der Waals surface area contributed by atoms with E-state index in [4.69, 9.17) is 22.6 Å². The fraction of sp³-hybridized carbons (Fsp3) is 0.273. The molecule has 1 aromatic carbocycles. The van der Waals surface area contributed by atoms with E-state index in [-0.39, 0.29) is 18.4 Å². The van der Waals surface area contributed by atoms with Crippen molar-refractivity contribution in [2.45, 2.75) is 6.92 Å². The standard InChI is InChI=1S/C11H12ClN3O/c1-7(5-13)11(16)15-10-3-2-8(6-14)4-9(10)12/h2-4,7H,5,13H2,1H3,(H,15,16). The summed E-state index contributed by atoms with van der Waals surface area (Å²) < 4.78 is 0. The quantitative estimate of drug-likeness (QED) is 0.841. The van der Waals surface area contributed by atoms with Gasteiger partial charge in [-0.05, 0) is 18.2 Å². The summed E-state index contributed by atoms with van der Waals surface area (Å²) >= 11 is 5.90. The Balaban J connectivity index is 2.83. The van der Waals surface area contributed by atoms with Crippen LogP contribution in [0.25, 0.3) is 0 Å². The molecule has 0 aliphatic heterocycles. The molecule has 0 aliphatic rings. The molecule has 1 aromatic rings. The first-order chi connectivity index (χ1) is 7.58. The number of nitrogens with one attached hydrogen (secondary N) is 1. The normalized spacial score (nSPS) is 11.6. The molecule has 0 saturated heterocycles. The van der Waals surface area contributed by atoms with Gasteiger partial charge < -0.3 is 11.1 Å². The topological polar surface area (TPSA) is 78.9 Å². The molecule has 0 aliphatic carbocycles. The molecule has 0 bridgehead atoms. The summed E-state index contributed by atoms with van der Waals surface area (Å²) in [6.45, 7) is 2.01. The Bertz CT molecular complexity index is 439. The van der Waals surface area contributed by atoms with Crippen molar-refractivity contribution >= 4 is 23.2 Å². The fourth-order valence-corrected chi connectivity index (χ4v) is 1.28. The Morgan fingerprint density at radius 3 is 2.88 bits per heavy atom. The van der Waals surface area contributed by atoms with E-state index in [0.717, 1.165) is 0 Å². The monoisotopic (exact) mass is 237 g/mol. The van der Waals surface area contributed by atoms with Gasteiger partial charge in [0.1, 0.15) is 0 Å². The van der Waals surface area contributed by atoms with Gasteiger partial charge >= 0.3 is 0 Å². The van der Waals surface area contributed by atoms with Crippen LogP contribution in [0.2, 0.25) is 5.02 Å². The number of hydrogen-bond donors (Lipinski definition) is 2. The maximum Gasteiger partial charge on any atom is 0.228 e. The molecule has 0 fully saturated rings. The van der Waals surface area contributed by atoms with Crippen molar-refractivity contribution in [2.75, 3.05) is 11.9 Å². The highest BCUT2D eigenvalue weighted by Gasteiger charge is 2.12. The maximum absolute atomic E-state index is 11.5. The van der Waals surface area contributed by atoms with Crippen molar-refractivity contribution in [1.29, 1.82) is 5.26 Å². The molecule has 0 saturated carbocycles. The molecule has 1 unspecified atom stereocenters. The average Bonchev–Trinajstić information content (AvgIpc) is 2.30. The molecule has 0 radical (unpaired) electrons. The number of carbonyl (C=O) groups excluding carboxylic acids is 1. The van der Waals surface area contributed by atoms with Gasteiger partial charge in [-0.1, -0.05) is 18.5 Å². The van der Waals surface area contributed by atoms with E-state index in [1.165, 1.54) is 6.07 Å². The number of nitrogens with zero attached hydrogens (tertiary/aromatic N) is 1. The third kappa shape index (κ3) is 2.96. The Kier molecular flexibility index (Phi) is 4.29. The first kappa shape index (κ1) is 12.5. The van der Waals surface area contributed by atoms with Gasteiger partial charge in [-0.25, -0.2) is 0 Å². The minimum atomic E-state index is -0.272. The molecule has 4 nitrogen and oxygen atoms in total. The molecule has 1 rings (SSSR count). The molecule has 5 heteroatoms. The van der Waals surface area contributed by atoms with Crippen LogP contribution in [-0.2, 0) is 4.79 Å². The SMILES string of the molecule is CC(CN)C(=O)Nc1ccc(C#N)cc1Cl. The van der Waals surface area contributed by atoms with Gasteiger partial charge in [-0.15, -0.1) is 0 Å². The van der Waals surface area contributed by atoms with Gasteiger partial charge in [-0.2, -0.15) is 5.26 Å². The molecule has 0 aromatic heterocycles. The Labute approximate surface area is 99.0 Å². The highest BCUT2D eigenvalue weighted by molar-refractivity contribution is 6.33. The van der Waals surface area contributed by atoms with Crippen LogP contribution in [0.1, 0.15) is 12.5 Å². The van der Waals surface area contributed by atoms with Crippen LogP contribution in [0.5, 0.6) is 0 Å². The largest absolute Gasteiger partial charge is 0.330 e. The number of benzene rings is 1. The van der Waals surface area contributed by atoms with Crippen LogP contribution in [0.4, 0.5) is 5.69 Å².